The first-order valence-electron chi connectivity index (χ1n) is 14.9. The minimum Gasteiger partial charge on any atom is -0.354 e. The van der Waals surface area contributed by atoms with Crippen LogP contribution in [0.15, 0.2) is 72.9 Å². The SMILES string of the molecule is O=C1Nc2ccc([N+](=O)[O-])cc2C1=C(Nc1ccc(-c2c[nH]c(N3CCCC3)n2)cc1)c1ccc(CN2CCCC2)cc1. The highest BCUT2D eigenvalue weighted by Gasteiger charge is 2.30. The van der Waals surface area contributed by atoms with Crippen LogP contribution in [0, 0.1) is 10.1 Å². The molecule has 2 saturated heterocycles. The Morgan fingerprint density at radius 3 is 2.37 bits per heavy atom. The summed E-state index contributed by atoms with van der Waals surface area (Å²) in [6.07, 6.45) is 6.77. The summed E-state index contributed by atoms with van der Waals surface area (Å²) >= 11 is 0. The summed E-state index contributed by atoms with van der Waals surface area (Å²) in [4.78, 5) is 37.3. The third-order valence-corrected chi connectivity index (χ3v) is 8.48. The number of rotatable bonds is 8. The average Bonchev–Trinajstić information content (AvgIpc) is 3.84. The predicted molar refractivity (Wildman–Crippen MR) is 169 cm³/mol. The Kier molecular flexibility index (Phi) is 7.12. The van der Waals surface area contributed by atoms with E-state index in [2.05, 4.69) is 37.6 Å². The third-order valence-electron chi connectivity index (χ3n) is 8.48. The summed E-state index contributed by atoms with van der Waals surface area (Å²) in [7, 11) is 0. The van der Waals surface area contributed by atoms with Gasteiger partial charge in [-0.1, -0.05) is 36.4 Å². The molecule has 0 aliphatic carbocycles. The van der Waals surface area contributed by atoms with Crippen molar-refractivity contribution in [3.63, 3.8) is 0 Å². The van der Waals surface area contributed by atoms with Gasteiger partial charge in [0.15, 0.2) is 0 Å². The van der Waals surface area contributed by atoms with Crippen LogP contribution in [0.3, 0.4) is 0 Å². The van der Waals surface area contributed by atoms with Gasteiger partial charge in [0.05, 0.1) is 21.9 Å². The molecule has 0 bridgehead atoms. The van der Waals surface area contributed by atoms with Crippen LogP contribution < -0.4 is 15.5 Å². The predicted octanol–water partition coefficient (Wildman–Crippen LogP) is 6.11. The Hall–Kier alpha value is -4.96. The van der Waals surface area contributed by atoms with Crippen LogP contribution >= 0.6 is 0 Å². The fourth-order valence-electron chi connectivity index (χ4n) is 6.19. The molecule has 4 aromatic rings. The van der Waals surface area contributed by atoms with E-state index in [1.165, 1.54) is 43.4 Å². The molecule has 4 heterocycles. The van der Waals surface area contributed by atoms with Crippen molar-refractivity contribution in [1.29, 1.82) is 0 Å². The van der Waals surface area contributed by atoms with Crippen LogP contribution in [0.4, 0.5) is 23.0 Å². The molecule has 0 unspecified atom stereocenters. The van der Waals surface area contributed by atoms with Crippen molar-refractivity contribution in [1.82, 2.24) is 14.9 Å². The van der Waals surface area contributed by atoms with E-state index in [0.717, 1.165) is 61.2 Å². The second-order valence-corrected chi connectivity index (χ2v) is 11.4. The van der Waals surface area contributed by atoms with E-state index in [-0.39, 0.29) is 11.6 Å². The third kappa shape index (κ3) is 5.49. The maximum Gasteiger partial charge on any atom is 0.270 e. The van der Waals surface area contributed by atoms with E-state index >= 15 is 0 Å². The molecule has 2 fully saturated rings. The minimum absolute atomic E-state index is 0.0651. The lowest BCUT2D eigenvalue weighted by Gasteiger charge is -2.17. The maximum atomic E-state index is 13.4. The monoisotopic (exact) mass is 575 g/mol. The Labute approximate surface area is 249 Å². The molecule has 0 atom stereocenters. The molecular formula is C33H33N7O3. The molecule has 10 heteroatoms. The van der Waals surface area contributed by atoms with E-state index < -0.39 is 4.92 Å². The number of aromatic amines is 1. The van der Waals surface area contributed by atoms with E-state index in [1.54, 1.807) is 6.07 Å². The lowest BCUT2D eigenvalue weighted by molar-refractivity contribution is -0.384. The van der Waals surface area contributed by atoms with Gasteiger partial charge in [0, 0.05) is 60.5 Å². The number of amides is 1. The fourth-order valence-corrected chi connectivity index (χ4v) is 6.19. The fraction of sp³-hybridized carbons (Fsp3) is 0.273. The van der Waals surface area contributed by atoms with Gasteiger partial charge in [-0.05, 0) is 68.1 Å². The molecule has 0 saturated carbocycles. The normalized spacial score (nSPS) is 17.7. The summed E-state index contributed by atoms with van der Waals surface area (Å²) in [6, 6.07) is 20.6. The number of hydrogen-bond donors (Lipinski definition) is 3. The van der Waals surface area contributed by atoms with Gasteiger partial charge in [-0.2, -0.15) is 0 Å². The number of anilines is 3. The zero-order valence-corrected chi connectivity index (χ0v) is 23.8. The molecule has 3 N–H and O–H groups in total. The Morgan fingerprint density at radius 2 is 1.65 bits per heavy atom. The lowest BCUT2D eigenvalue weighted by atomic mass is 9.98. The summed E-state index contributed by atoms with van der Waals surface area (Å²) in [5.74, 6) is 0.594. The Bertz CT molecular complexity index is 1700. The number of nitro benzene ring substituents is 1. The molecule has 1 amide bonds. The first kappa shape index (κ1) is 26.9. The first-order chi connectivity index (χ1) is 21.0. The van der Waals surface area contributed by atoms with Crippen molar-refractivity contribution in [2.45, 2.75) is 32.2 Å². The topological polar surface area (TPSA) is 119 Å². The number of fused-ring (bicyclic) bond motifs is 1. The number of nitrogens with zero attached hydrogens (tertiary/aromatic N) is 4. The van der Waals surface area contributed by atoms with Crippen LogP contribution in [0.25, 0.3) is 22.5 Å². The van der Waals surface area contributed by atoms with Crippen molar-refractivity contribution < 1.29 is 9.72 Å². The van der Waals surface area contributed by atoms with E-state index in [4.69, 9.17) is 4.98 Å². The number of carbonyl (C=O) groups excluding carboxylic acids is 1. The number of nitrogens with one attached hydrogen (secondary N) is 3. The highest BCUT2D eigenvalue weighted by Crippen LogP contribution is 2.39. The number of nitro groups is 1. The van der Waals surface area contributed by atoms with Gasteiger partial charge in [0.1, 0.15) is 0 Å². The number of aromatic nitrogens is 2. The highest BCUT2D eigenvalue weighted by molar-refractivity contribution is 6.37. The second-order valence-electron chi connectivity index (χ2n) is 11.4. The molecule has 10 nitrogen and oxygen atoms in total. The molecule has 3 aromatic carbocycles. The molecule has 0 radical (unpaired) electrons. The van der Waals surface area contributed by atoms with E-state index in [9.17, 15) is 14.9 Å². The van der Waals surface area contributed by atoms with Crippen molar-refractivity contribution in [3.8, 4) is 11.3 Å². The van der Waals surface area contributed by atoms with Crippen LogP contribution in [-0.2, 0) is 11.3 Å². The molecule has 0 spiro atoms. The van der Waals surface area contributed by atoms with Gasteiger partial charge in [-0.3, -0.25) is 19.8 Å². The zero-order chi connectivity index (χ0) is 29.3. The van der Waals surface area contributed by atoms with E-state index in [1.807, 2.05) is 42.6 Å². The summed E-state index contributed by atoms with van der Waals surface area (Å²) in [6.45, 7) is 5.16. The molecular weight excluding hydrogens is 542 g/mol. The highest BCUT2D eigenvalue weighted by atomic mass is 16.6. The quantitative estimate of drug-likeness (QED) is 0.132. The molecule has 3 aliphatic rings. The Balaban J connectivity index is 1.22. The standard InChI is InChI=1S/C33H33N7O3/c41-32-30(27-19-26(40(42)43)13-14-28(27)36-32)31(24-7-5-22(6-8-24)21-38-15-1-2-16-38)35-25-11-9-23(10-12-25)29-20-34-33(37-29)39-17-3-4-18-39/h5-14,19-20,35H,1-4,15-18,21H2,(H,34,37)(H,36,41). The van der Waals surface area contributed by atoms with E-state index in [0.29, 0.717) is 22.5 Å². The van der Waals surface area contributed by atoms with Gasteiger partial charge in [0.25, 0.3) is 11.6 Å². The van der Waals surface area contributed by atoms with Crippen LogP contribution in [0.2, 0.25) is 0 Å². The number of imidazole rings is 1. The van der Waals surface area contributed by atoms with Crippen LogP contribution in [-0.4, -0.2) is 51.9 Å². The number of hydrogen-bond acceptors (Lipinski definition) is 7. The van der Waals surface area contributed by atoms with Crippen molar-refractivity contribution in [2.24, 2.45) is 0 Å². The average molecular weight is 576 g/mol. The first-order valence-corrected chi connectivity index (χ1v) is 14.9. The van der Waals surface area contributed by atoms with Crippen molar-refractivity contribution >= 4 is 40.2 Å². The largest absolute Gasteiger partial charge is 0.354 e. The number of H-pyrrole nitrogens is 1. The second kappa shape index (κ2) is 11.4. The summed E-state index contributed by atoms with van der Waals surface area (Å²) in [5, 5.41) is 17.9. The number of likely N-dealkylation sites (tertiary alicyclic amines) is 1. The summed E-state index contributed by atoms with van der Waals surface area (Å²) in [5.41, 5.74) is 6.62. The van der Waals surface area contributed by atoms with Gasteiger partial charge in [-0.15, -0.1) is 0 Å². The van der Waals surface area contributed by atoms with Crippen LogP contribution in [0.5, 0.6) is 0 Å². The maximum absolute atomic E-state index is 13.4. The molecule has 1 aromatic heterocycles. The van der Waals surface area contributed by atoms with Gasteiger partial charge in [0.2, 0.25) is 5.95 Å². The zero-order valence-electron chi connectivity index (χ0n) is 23.8. The summed E-state index contributed by atoms with van der Waals surface area (Å²) < 4.78 is 0. The smallest absolute Gasteiger partial charge is 0.270 e. The number of benzene rings is 3. The van der Waals surface area contributed by atoms with Gasteiger partial charge >= 0.3 is 0 Å². The minimum atomic E-state index is -0.441. The number of carbonyl (C=O) groups is 1. The lowest BCUT2D eigenvalue weighted by Crippen LogP contribution is -2.18. The van der Waals surface area contributed by atoms with Crippen molar-refractivity contribution in [2.75, 3.05) is 41.7 Å². The van der Waals surface area contributed by atoms with Gasteiger partial charge < -0.3 is 20.5 Å². The molecule has 218 valence electrons. The van der Waals surface area contributed by atoms with Gasteiger partial charge in [-0.25, -0.2) is 4.98 Å². The Morgan fingerprint density at radius 1 is 0.930 bits per heavy atom. The number of non-ortho nitro benzene ring substituents is 1. The van der Waals surface area contributed by atoms with Crippen LogP contribution in [0.1, 0.15) is 42.4 Å². The van der Waals surface area contributed by atoms with Crippen molar-refractivity contribution in [3.05, 3.63) is 99.7 Å². The molecule has 43 heavy (non-hydrogen) atoms. The molecule has 3 aliphatic heterocycles. The molecule has 7 rings (SSSR count).